The number of ether oxygens (including phenoxy) is 2. The number of aromatic nitrogens is 4. The van der Waals surface area contributed by atoms with E-state index < -0.39 is 62.1 Å². The number of carbonyl (C=O) groups is 2. The summed E-state index contributed by atoms with van der Waals surface area (Å²) >= 11 is 0. The number of carbonyl (C=O) groups excluding carboxylic acids is 2. The third kappa shape index (κ3) is 9.42. The van der Waals surface area contributed by atoms with Crippen molar-refractivity contribution in [2.75, 3.05) is 24.5 Å². The first-order chi connectivity index (χ1) is 28.7. The van der Waals surface area contributed by atoms with Crippen molar-refractivity contribution < 1.29 is 36.3 Å². The van der Waals surface area contributed by atoms with Crippen LogP contribution >= 0.6 is 0 Å². The van der Waals surface area contributed by atoms with E-state index in [0.29, 0.717) is 53.4 Å². The molecule has 19 heteroatoms. The van der Waals surface area contributed by atoms with Crippen LogP contribution in [0.2, 0.25) is 0 Å². The Morgan fingerprint density at radius 2 is 1.80 bits per heavy atom. The van der Waals surface area contributed by atoms with Gasteiger partial charge in [0, 0.05) is 57.3 Å². The van der Waals surface area contributed by atoms with Crippen LogP contribution in [0.15, 0.2) is 104 Å². The van der Waals surface area contributed by atoms with E-state index in [1.807, 2.05) is 4.72 Å². The second kappa shape index (κ2) is 18.5. The summed E-state index contributed by atoms with van der Waals surface area (Å²) in [6.45, 7) is 8.10. The Labute approximate surface area is 342 Å². The zero-order valence-electron chi connectivity index (χ0n) is 32.7. The van der Waals surface area contributed by atoms with Gasteiger partial charge in [0.2, 0.25) is 0 Å². The van der Waals surface area contributed by atoms with Crippen molar-refractivity contribution in [3.05, 3.63) is 129 Å². The molecule has 60 heavy (non-hydrogen) atoms. The topological polar surface area (TPSA) is 205 Å². The molecule has 5 aromatic rings. The highest BCUT2D eigenvalue weighted by atomic mass is 32.2. The second-order valence-electron chi connectivity index (χ2n) is 13.7. The van der Waals surface area contributed by atoms with Gasteiger partial charge in [-0.2, -0.15) is 0 Å². The molecule has 0 saturated carbocycles. The summed E-state index contributed by atoms with van der Waals surface area (Å²) in [4.78, 5) is 68.9. The van der Waals surface area contributed by atoms with E-state index in [4.69, 9.17) is 9.47 Å². The first kappa shape index (κ1) is 42.9. The molecule has 1 saturated heterocycles. The summed E-state index contributed by atoms with van der Waals surface area (Å²) < 4.78 is 71.8. The minimum atomic E-state index is -4.43. The number of nitrogens with zero attached hydrogens (tertiary/aromatic N) is 6. The number of sulfonamides is 1. The number of fused-ring (bicyclic) bond motifs is 1. The van der Waals surface area contributed by atoms with E-state index >= 15 is 8.78 Å². The maximum atomic E-state index is 15.4. The number of benzene rings is 2. The fourth-order valence-electron chi connectivity index (χ4n) is 6.44. The molecule has 312 valence electrons. The lowest BCUT2D eigenvalue weighted by molar-refractivity contribution is -0.145. The van der Waals surface area contributed by atoms with Crippen LogP contribution in [0, 0.1) is 17.6 Å². The predicted molar refractivity (Wildman–Crippen MR) is 220 cm³/mol. The average molecular weight is 843 g/mol. The Morgan fingerprint density at radius 3 is 2.47 bits per heavy atom. The summed E-state index contributed by atoms with van der Waals surface area (Å²) in [5, 5.41) is 2.57. The van der Waals surface area contributed by atoms with E-state index in [9.17, 15) is 27.6 Å². The molecule has 1 aliphatic heterocycles. The zero-order valence-corrected chi connectivity index (χ0v) is 33.5. The SMILES string of the molecule is C=NC(=N/C=C(\C)c1ccc(S(=O)(=O)Nc2cc(F)c(C(=O)N[C@@H](Cc3ccc(-n4c(=O)c5ccncc5n(C)c4=O)nc3)C(=O)OCC)cc2F)cc1)C1CCOCC1. The third-order valence-corrected chi connectivity index (χ3v) is 11.1. The Balaban J connectivity index is 1.15. The van der Waals surface area contributed by atoms with Crippen LogP contribution < -0.4 is 21.3 Å². The van der Waals surface area contributed by atoms with Gasteiger partial charge >= 0.3 is 11.7 Å². The number of amides is 1. The number of rotatable bonds is 13. The fourth-order valence-corrected chi connectivity index (χ4v) is 7.50. The normalized spacial score (nSPS) is 14.4. The first-order valence-corrected chi connectivity index (χ1v) is 20.1. The zero-order chi connectivity index (χ0) is 43.1. The van der Waals surface area contributed by atoms with Crippen molar-refractivity contribution in [2.24, 2.45) is 23.0 Å². The lowest BCUT2D eigenvalue weighted by atomic mass is 9.99. The quantitative estimate of drug-likeness (QED) is 0.0974. The minimum absolute atomic E-state index is 0.0138. The second-order valence-corrected chi connectivity index (χ2v) is 15.4. The van der Waals surface area contributed by atoms with Gasteiger partial charge in [0.05, 0.1) is 39.9 Å². The lowest BCUT2D eigenvalue weighted by Crippen LogP contribution is -2.43. The van der Waals surface area contributed by atoms with Crippen molar-refractivity contribution in [2.45, 2.75) is 44.0 Å². The average Bonchev–Trinajstić information content (AvgIpc) is 3.25. The molecule has 1 atom stereocenters. The number of hydrogen-bond donors (Lipinski definition) is 2. The van der Waals surface area contributed by atoms with E-state index in [1.165, 1.54) is 79.6 Å². The van der Waals surface area contributed by atoms with E-state index in [2.05, 4.69) is 32.0 Å². The molecule has 0 spiro atoms. The minimum Gasteiger partial charge on any atom is -0.464 e. The van der Waals surface area contributed by atoms with Crippen LogP contribution in [0.4, 0.5) is 14.5 Å². The molecule has 2 N–H and O–H groups in total. The summed E-state index contributed by atoms with van der Waals surface area (Å²) in [6, 6.07) is 9.57. The largest absolute Gasteiger partial charge is 0.464 e. The van der Waals surface area contributed by atoms with Gasteiger partial charge in [-0.1, -0.05) is 18.2 Å². The van der Waals surface area contributed by atoms with Crippen LogP contribution in [0.5, 0.6) is 0 Å². The molecule has 4 heterocycles. The Hall–Kier alpha value is -6.73. The highest BCUT2D eigenvalue weighted by Gasteiger charge is 2.27. The van der Waals surface area contributed by atoms with Gasteiger partial charge in [-0.25, -0.2) is 46.3 Å². The molecule has 1 amide bonds. The van der Waals surface area contributed by atoms with Crippen molar-refractivity contribution in [3.8, 4) is 5.82 Å². The third-order valence-electron chi connectivity index (χ3n) is 9.73. The number of aryl methyl sites for hydroxylation is 1. The molecule has 3 aromatic heterocycles. The highest BCUT2D eigenvalue weighted by Crippen LogP contribution is 2.25. The van der Waals surface area contributed by atoms with Gasteiger partial charge in [-0.15, -0.1) is 0 Å². The van der Waals surface area contributed by atoms with Crippen LogP contribution in [0.1, 0.15) is 48.2 Å². The molecule has 1 aliphatic rings. The first-order valence-electron chi connectivity index (χ1n) is 18.6. The standard InChI is InChI=1S/C41H40F2N8O8S/c1-5-59-40(54)34(18-25-6-11-36(46-22-25)51-39(53)29-12-15-45-23-35(29)50(4)41(51)55)48-38(52)30-19-32(43)33(20-31(30)42)49-60(56,57)28-9-7-26(8-10-28)24(2)21-47-37(44-3)27-13-16-58-17-14-27/h6-12,15,19-23,27,34,49H,3,5,13-14,16-18H2,1-2,4H3,(H,48,52)/b24-21+,47-37?/t34-/m0/s1. The molecule has 2 aromatic carbocycles. The van der Waals surface area contributed by atoms with Crippen molar-refractivity contribution >= 4 is 56.6 Å². The van der Waals surface area contributed by atoms with Crippen molar-refractivity contribution in [1.29, 1.82) is 0 Å². The van der Waals surface area contributed by atoms with Gasteiger partial charge in [0.15, 0.2) is 0 Å². The number of allylic oxidation sites excluding steroid dienone is 1. The van der Waals surface area contributed by atoms with Crippen LogP contribution in [-0.2, 0) is 37.8 Å². The molecular formula is C41H40F2N8O8S. The fraction of sp³-hybridized carbons (Fsp3) is 0.268. The van der Waals surface area contributed by atoms with Gasteiger partial charge in [-0.3, -0.25) is 23.9 Å². The Kier molecular flexibility index (Phi) is 13.2. The van der Waals surface area contributed by atoms with E-state index in [0.717, 1.165) is 17.4 Å². The molecular weight excluding hydrogens is 803 g/mol. The lowest BCUT2D eigenvalue weighted by Gasteiger charge is -2.20. The molecule has 0 unspecified atom stereocenters. The van der Waals surface area contributed by atoms with Crippen LogP contribution in [0.25, 0.3) is 22.3 Å². The van der Waals surface area contributed by atoms with Crippen LogP contribution in [0.3, 0.4) is 0 Å². The number of esters is 1. The smallest absolute Gasteiger partial charge is 0.337 e. The van der Waals surface area contributed by atoms with Gasteiger partial charge < -0.3 is 14.8 Å². The van der Waals surface area contributed by atoms with Crippen LogP contribution in [-0.4, -0.2) is 77.8 Å². The Morgan fingerprint density at radius 1 is 1.07 bits per heavy atom. The monoisotopic (exact) mass is 842 g/mol. The number of halogens is 2. The summed E-state index contributed by atoms with van der Waals surface area (Å²) in [5.74, 6) is -3.96. The number of aliphatic imine (C=N–C) groups is 2. The molecule has 0 radical (unpaired) electrons. The summed E-state index contributed by atoms with van der Waals surface area (Å²) in [7, 11) is -2.95. The van der Waals surface area contributed by atoms with Gasteiger partial charge in [-0.05, 0) is 80.4 Å². The number of pyridine rings is 2. The van der Waals surface area contributed by atoms with Crippen molar-refractivity contribution in [1.82, 2.24) is 24.4 Å². The number of hydrogen-bond acceptors (Lipinski definition) is 11. The number of amidine groups is 1. The van der Waals surface area contributed by atoms with Crippen molar-refractivity contribution in [3.63, 3.8) is 0 Å². The molecule has 0 bridgehead atoms. The maximum absolute atomic E-state index is 15.4. The summed E-state index contributed by atoms with van der Waals surface area (Å²) in [5.41, 5.74) is -0.839. The molecule has 1 fully saturated rings. The van der Waals surface area contributed by atoms with E-state index in [1.54, 1.807) is 13.1 Å². The van der Waals surface area contributed by atoms with Gasteiger partial charge in [0.25, 0.3) is 21.5 Å². The Bertz CT molecular complexity index is 2750. The predicted octanol–water partition coefficient (Wildman–Crippen LogP) is 4.35. The van der Waals surface area contributed by atoms with Gasteiger partial charge in [0.1, 0.15) is 29.3 Å². The molecule has 16 nitrogen and oxygen atoms in total. The summed E-state index contributed by atoms with van der Waals surface area (Å²) in [6.07, 6.45) is 7.02. The number of anilines is 1. The molecule has 6 rings (SSSR count). The van der Waals surface area contributed by atoms with E-state index in [-0.39, 0.29) is 35.0 Å². The maximum Gasteiger partial charge on any atom is 0.337 e. The highest BCUT2D eigenvalue weighted by molar-refractivity contribution is 7.92. The molecule has 0 aliphatic carbocycles. The number of nitrogens with one attached hydrogen (secondary N) is 2.